The second-order valence-electron chi connectivity index (χ2n) is 7.43. The number of thioether (sulfide) groups is 1. The molecule has 9 N–H and O–H groups in total. The molecule has 2 aromatic rings. The van der Waals surface area contributed by atoms with Gasteiger partial charge in [-0.05, 0) is 36.2 Å². The van der Waals surface area contributed by atoms with Crippen LogP contribution < -0.4 is 16.2 Å². The van der Waals surface area contributed by atoms with E-state index < -0.39 is 29.0 Å². The van der Waals surface area contributed by atoms with Gasteiger partial charge in [-0.15, -0.1) is 11.8 Å². The largest absolute Gasteiger partial charge is 0.508 e. The Kier molecular flexibility index (Phi) is 7.29. The molecular weight excluding hydrogens is 422 g/mol. The predicted molar refractivity (Wildman–Crippen MR) is 118 cm³/mol. The molecule has 0 amide bonds. The highest BCUT2D eigenvalue weighted by atomic mass is 32.2. The van der Waals surface area contributed by atoms with E-state index in [1.807, 2.05) is 19.1 Å². The molecule has 31 heavy (non-hydrogen) atoms. The minimum atomic E-state index is -1.46. The van der Waals surface area contributed by atoms with Gasteiger partial charge in [0.15, 0.2) is 11.4 Å². The lowest BCUT2D eigenvalue weighted by Crippen LogP contribution is -2.55. The van der Waals surface area contributed by atoms with Crippen molar-refractivity contribution in [3.63, 3.8) is 0 Å². The zero-order valence-corrected chi connectivity index (χ0v) is 17.7. The number of nitrogens with two attached hydrogens (primary N) is 2. The van der Waals surface area contributed by atoms with Crippen molar-refractivity contribution in [2.75, 3.05) is 6.61 Å². The summed E-state index contributed by atoms with van der Waals surface area (Å²) in [5.41, 5.74) is 13.0. The summed E-state index contributed by atoms with van der Waals surface area (Å²) in [7, 11) is 0. The molecule has 0 radical (unpaired) electrons. The molecule has 5 atom stereocenters. The lowest BCUT2D eigenvalue weighted by Gasteiger charge is -2.39. The van der Waals surface area contributed by atoms with Crippen LogP contribution >= 0.6 is 11.8 Å². The van der Waals surface area contributed by atoms with Gasteiger partial charge in [-0.2, -0.15) is 0 Å². The van der Waals surface area contributed by atoms with Crippen LogP contribution in [0.25, 0.3) is 0 Å². The van der Waals surface area contributed by atoms with Crippen LogP contribution in [0.15, 0.2) is 41.4 Å². The molecule has 10 heteroatoms. The van der Waals surface area contributed by atoms with Crippen LogP contribution in [0.4, 0.5) is 5.69 Å². The van der Waals surface area contributed by atoms with Gasteiger partial charge in [-0.1, -0.05) is 12.1 Å². The lowest BCUT2D eigenvalue weighted by atomic mass is 9.98. The van der Waals surface area contributed by atoms with Crippen molar-refractivity contribution in [1.29, 1.82) is 0 Å². The van der Waals surface area contributed by atoms with E-state index in [4.69, 9.17) is 16.2 Å². The molecule has 1 saturated heterocycles. The summed E-state index contributed by atoms with van der Waals surface area (Å²) in [6.07, 6.45) is -3.66. The zero-order chi connectivity index (χ0) is 22.7. The number of aliphatic hydroxyl groups is 4. The number of guanidine groups is 1. The summed E-state index contributed by atoms with van der Waals surface area (Å²) < 4.78 is 5.98. The Bertz CT molecular complexity index is 933. The van der Waals surface area contributed by atoms with E-state index in [0.717, 1.165) is 28.5 Å². The fraction of sp³-hybridized carbons (Fsp3) is 0.381. The van der Waals surface area contributed by atoms with Crippen molar-refractivity contribution >= 4 is 23.4 Å². The Morgan fingerprint density at radius 3 is 2.35 bits per heavy atom. The van der Waals surface area contributed by atoms with Crippen molar-refractivity contribution in [3.05, 3.63) is 53.1 Å². The Labute approximate surface area is 184 Å². The second-order valence-corrected chi connectivity index (χ2v) is 8.78. The van der Waals surface area contributed by atoms with Crippen LogP contribution in [0.5, 0.6) is 11.5 Å². The van der Waals surface area contributed by atoms with Gasteiger partial charge in [0.05, 0.1) is 23.6 Å². The first-order chi connectivity index (χ1) is 14.7. The van der Waals surface area contributed by atoms with Gasteiger partial charge in [-0.25, -0.2) is 4.99 Å². The van der Waals surface area contributed by atoms with E-state index in [0.29, 0.717) is 17.9 Å². The quantitative estimate of drug-likeness (QED) is 0.238. The average Bonchev–Trinajstić information content (AvgIpc) is 2.71. The Morgan fingerprint density at radius 1 is 1.06 bits per heavy atom. The van der Waals surface area contributed by atoms with Crippen molar-refractivity contribution < 1.29 is 30.3 Å². The molecular formula is C21H27N3O6S. The van der Waals surface area contributed by atoms with Crippen LogP contribution in [0, 0.1) is 6.92 Å². The minimum absolute atomic E-state index is 0.00560. The van der Waals surface area contributed by atoms with Crippen molar-refractivity contribution in [2.45, 2.75) is 42.3 Å². The first-order valence-electron chi connectivity index (χ1n) is 9.67. The van der Waals surface area contributed by atoms with Crippen LogP contribution in [-0.2, 0) is 6.42 Å². The number of ether oxygens (including phenoxy) is 1. The molecule has 0 saturated carbocycles. The molecule has 1 aliphatic rings. The van der Waals surface area contributed by atoms with Gasteiger partial charge < -0.3 is 41.7 Å². The SMILES string of the molecule is Cc1cc(O)cc(O[C@@H]2S[C@H](CO)[C@@H](O)[C@H](O)[C@H]2O)c1Cc1ccc(N=C(N)N)cc1. The van der Waals surface area contributed by atoms with Gasteiger partial charge in [0.2, 0.25) is 0 Å². The zero-order valence-electron chi connectivity index (χ0n) is 16.9. The first kappa shape index (κ1) is 23.2. The summed E-state index contributed by atoms with van der Waals surface area (Å²) >= 11 is 1.03. The van der Waals surface area contributed by atoms with Gasteiger partial charge in [0.25, 0.3) is 0 Å². The molecule has 0 spiro atoms. The van der Waals surface area contributed by atoms with E-state index in [1.165, 1.54) is 6.07 Å². The molecule has 1 aliphatic heterocycles. The smallest absolute Gasteiger partial charge is 0.191 e. The highest BCUT2D eigenvalue weighted by Crippen LogP contribution is 2.37. The summed E-state index contributed by atoms with van der Waals surface area (Å²) in [4.78, 5) is 3.99. The molecule has 3 rings (SSSR count). The Balaban J connectivity index is 1.87. The first-order valence-corrected chi connectivity index (χ1v) is 10.6. The molecule has 1 heterocycles. The highest BCUT2D eigenvalue weighted by molar-refractivity contribution is 8.00. The third kappa shape index (κ3) is 5.41. The fourth-order valence-electron chi connectivity index (χ4n) is 3.43. The number of aliphatic imine (C=N–C) groups is 1. The maximum absolute atomic E-state index is 10.4. The maximum Gasteiger partial charge on any atom is 0.191 e. The van der Waals surface area contributed by atoms with Crippen molar-refractivity contribution in [1.82, 2.24) is 0 Å². The molecule has 2 aromatic carbocycles. The number of aliphatic hydroxyl groups excluding tert-OH is 4. The van der Waals surface area contributed by atoms with Crippen molar-refractivity contribution in [3.8, 4) is 11.5 Å². The number of phenolic OH excluding ortho intramolecular Hbond substituents is 1. The van der Waals surface area contributed by atoms with E-state index in [2.05, 4.69) is 4.99 Å². The number of hydrogen-bond donors (Lipinski definition) is 7. The molecule has 0 aromatic heterocycles. The molecule has 168 valence electrons. The molecule has 9 nitrogen and oxygen atoms in total. The average molecular weight is 450 g/mol. The van der Waals surface area contributed by atoms with Gasteiger partial charge in [0.1, 0.15) is 23.7 Å². The summed E-state index contributed by atoms with van der Waals surface area (Å²) in [6, 6.07) is 10.3. The number of hydrogen-bond acceptors (Lipinski definition) is 8. The maximum atomic E-state index is 10.4. The number of aromatic hydroxyl groups is 1. The van der Waals surface area contributed by atoms with E-state index in [1.54, 1.807) is 18.2 Å². The number of rotatable bonds is 6. The summed E-state index contributed by atoms with van der Waals surface area (Å²) in [6.45, 7) is 1.44. The van der Waals surface area contributed by atoms with Gasteiger partial charge in [-0.3, -0.25) is 0 Å². The molecule has 0 unspecified atom stereocenters. The monoisotopic (exact) mass is 449 g/mol. The third-order valence-corrected chi connectivity index (χ3v) is 6.50. The van der Waals surface area contributed by atoms with Gasteiger partial charge in [0, 0.05) is 18.1 Å². The predicted octanol–water partition coefficient (Wildman–Crippen LogP) is 0.0916. The number of benzene rings is 2. The second kappa shape index (κ2) is 9.75. The van der Waals surface area contributed by atoms with Crippen molar-refractivity contribution in [2.24, 2.45) is 16.5 Å². The van der Waals surface area contributed by atoms with Crippen LogP contribution in [0.3, 0.4) is 0 Å². The number of aryl methyl sites for hydroxylation is 1. The number of phenols is 1. The van der Waals surface area contributed by atoms with E-state index >= 15 is 0 Å². The van der Waals surface area contributed by atoms with Gasteiger partial charge >= 0.3 is 0 Å². The topological polar surface area (TPSA) is 175 Å². The summed E-state index contributed by atoms with van der Waals surface area (Å²) in [5, 5.41) is 49.3. The highest BCUT2D eigenvalue weighted by Gasteiger charge is 2.44. The molecule has 1 fully saturated rings. The van der Waals surface area contributed by atoms with Crippen LogP contribution in [0.2, 0.25) is 0 Å². The Morgan fingerprint density at radius 2 is 1.74 bits per heavy atom. The third-order valence-electron chi connectivity index (χ3n) is 5.08. The lowest BCUT2D eigenvalue weighted by molar-refractivity contribution is -0.0910. The standard InChI is InChI=1S/C21H27N3O6S/c1-10-6-13(26)8-15(30-20-19(29)18(28)17(27)16(9-25)31-20)14(10)7-11-2-4-12(5-3-11)24-21(22)23/h2-6,8,16-20,25-29H,7,9H2,1H3,(H4,22,23,24)/t16-,17-,18+,19-,20-/m1/s1. The van der Waals surface area contributed by atoms with E-state index in [9.17, 15) is 25.5 Å². The van der Waals surface area contributed by atoms with E-state index in [-0.39, 0.29) is 18.3 Å². The fourth-order valence-corrected chi connectivity index (χ4v) is 4.66. The summed E-state index contributed by atoms with van der Waals surface area (Å²) in [5.74, 6) is 0.298. The minimum Gasteiger partial charge on any atom is -0.508 e. The van der Waals surface area contributed by atoms with Crippen LogP contribution in [-0.4, -0.2) is 67.1 Å². The molecule has 0 bridgehead atoms. The van der Waals surface area contributed by atoms with Crippen LogP contribution in [0.1, 0.15) is 16.7 Å². The normalized spacial score (nSPS) is 25.8. The Hall–Kier alpha value is -2.50. The number of nitrogens with zero attached hydrogens (tertiary/aromatic N) is 1. The molecule has 0 aliphatic carbocycles.